The number of halogens is 2. The first-order valence-corrected chi connectivity index (χ1v) is 5.82. The number of aromatic amines is 1. The van der Waals surface area contributed by atoms with Crippen molar-refractivity contribution in [2.24, 2.45) is 0 Å². The molecule has 90 valence electrons. The van der Waals surface area contributed by atoms with Crippen molar-refractivity contribution in [3.8, 4) is 11.3 Å². The summed E-state index contributed by atoms with van der Waals surface area (Å²) in [4.78, 5) is 8.13. The third kappa shape index (κ3) is 1.77. The van der Waals surface area contributed by atoms with Gasteiger partial charge in [0.25, 0.3) is 0 Å². The smallest absolute Gasteiger partial charge is 0.157 e. The average molecular weight is 280 g/mol. The highest BCUT2D eigenvalue weighted by Crippen LogP contribution is 2.31. The Labute approximate surface area is 112 Å². The van der Waals surface area contributed by atoms with E-state index < -0.39 is 0 Å². The van der Waals surface area contributed by atoms with E-state index in [9.17, 15) is 0 Å². The Morgan fingerprint density at radius 1 is 1.17 bits per heavy atom. The lowest BCUT2D eigenvalue weighted by Crippen LogP contribution is -1.94. The van der Waals surface area contributed by atoms with Crippen molar-refractivity contribution < 1.29 is 0 Å². The summed E-state index contributed by atoms with van der Waals surface area (Å²) in [5.41, 5.74) is 7.60. The predicted octanol–water partition coefficient (Wildman–Crippen LogP) is 2.91. The molecule has 3 N–H and O–H groups in total. The van der Waals surface area contributed by atoms with Gasteiger partial charge in [-0.3, -0.25) is 5.10 Å². The van der Waals surface area contributed by atoms with Gasteiger partial charge in [-0.05, 0) is 12.1 Å². The molecule has 18 heavy (non-hydrogen) atoms. The molecule has 0 aliphatic carbocycles. The number of nitrogens with two attached hydrogens (primary N) is 1. The van der Waals surface area contributed by atoms with Gasteiger partial charge in [0.1, 0.15) is 11.5 Å². The number of hydrogen-bond acceptors (Lipinski definition) is 4. The molecular weight excluding hydrogens is 273 g/mol. The van der Waals surface area contributed by atoms with Gasteiger partial charge in [-0.2, -0.15) is 5.10 Å². The van der Waals surface area contributed by atoms with E-state index in [-0.39, 0.29) is 11.0 Å². The fourth-order valence-electron chi connectivity index (χ4n) is 1.72. The van der Waals surface area contributed by atoms with Crippen LogP contribution in [0.4, 0.5) is 5.82 Å². The molecule has 3 aromatic rings. The molecule has 7 heteroatoms. The fourth-order valence-corrected chi connectivity index (χ4v) is 2.25. The molecule has 0 aliphatic heterocycles. The van der Waals surface area contributed by atoms with E-state index in [0.29, 0.717) is 10.7 Å². The molecule has 0 radical (unpaired) electrons. The first-order chi connectivity index (χ1) is 8.65. The molecular formula is C11H7Cl2N5. The van der Waals surface area contributed by atoms with Crippen LogP contribution >= 0.6 is 23.2 Å². The normalized spacial score (nSPS) is 11.0. The lowest BCUT2D eigenvalue weighted by Gasteiger charge is -2.04. The van der Waals surface area contributed by atoms with Crippen LogP contribution in [0.3, 0.4) is 0 Å². The van der Waals surface area contributed by atoms with Gasteiger partial charge in [0, 0.05) is 10.9 Å². The van der Waals surface area contributed by atoms with Crippen molar-refractivity contribution in [3.63, 3.8) is 0 Å². The first-order valence-electron chi connectivity index (χ1n) is 5.06. The molecule has 0 amide bonds. The second kappa shape index (κ2) is 4.12. The minimum absolute atomic E-state index is 0.244. The van der Waals surface area contributed by atoms with E-state index in [1.165, 1.54) is 6.20 Å². The molecule has 0 aliphatic rings. The zero-order valence-corrected chi connectivity index (χ0v) is 10.5. The Balaban J connectivity index is 2.24. The number of rotatable bonds is 1. The summed E-state index contributed by atoms with van der Waals surface area (Å²) in [6.07, 6.45) is 3.14. The molecule has 1 aromatic carbocycles. The predicted molar refractivity (Wildman–Crippen MR) is 71.6 cm³/mol. The van der Waals surface area contributed by atoms with Gasteiger partial charge >= 0.3 is 0 Å². The topological polar surface area (TPSA) is 80.5 Å². The van der Waals surface area contributed by atoms with Crippen LogP contribution in [0.2, 0.25) is 10.2 Å². The Morgan fingerprint density at radius 2 is 2.00 bits per heavy atom. The van der Waals surface area contributed by atoms with Gasteiger partial charge in [-0.25, -0.2) is 9.97 Å². The van der Waals surface area contributed by atoms with Gasteiger partial charge in [-0.15, -0.1) is 0 Å². The van der Waals surface area contributed by atoms with Crippen LogP contribution in [0.1, 0.15) is 0 Å². The second-order valence-electron chi connectivity index (χ2n) is 3.73. The third-order valence-electron chi connectivity index (χ3n) is 2.52. The zero-order valence-electron chi connectivity index (χ0n) is 8.98. The van der Waals surface area contributed by atoms with Crippen LogP contribution < -0.4 is 5.73 Å². The Hall–Kier alpha value is -1.85. The van der Waals surface area contributed by atoms with Crippen LogP contribution in [0.5, 0.6) is 0 Å². The first kappa shape index (κ1) is 11.3. The van der Waals surface area contributed by atoms with E-state index in [2.05, 4.69) is 20.2 Å². The van der Waals surface area contributed by atoms with Crippen LogP contribution in [0.15, 0.2) is 24.5 Å². The Kier molecular flexibility index (Phi) is 2.57. The minimum Gasteiger partial charge on any atom is -0.382 e. The van der Waals surface area contributed by atoms with E-state index >= 15 is 0 Å². The number of nitrogens with one attached hydrogen (secondary N) is 1. The SMILES string of the molecule is Nc1cnc(-c2cc(Cl)c3[nH]ncc3c2)c(Cl)n1. The maximum absolute atomic E-state index is 6.15. The third-order valence-corrected chi connectivity index (χ3v) is 3.08. The molecule has 2 aromatic heterocycles. The highest BCUT2D eigenvalue weighted by Gasteiger charge is 2.11. The van der Waals surface area contributed by atoms with Crippen molar-refractivity contribution in [1.82, 2.24) is 20.2 Å². The van der Waals surface area contributed by atoms with Crippen molar-refractivity contribution >= 4 is 39.9 Å². The molecule has 0 atom stereocenters. The molecule has 0 bridgehead atoms. The lowest BCUT2D eigenvalue weighted by molar-refractivity contribution is 1.12. The number of aromatic nitrogens is 4. The van der Waals surface area contributed by atoms with Crippen molar-refractivity contribution in [2.75, 3.05) is 5.73 Å². The summed E-state index contributed by atoms with van der Waals surface area (Å²) in [6, 6.07) is 3.64. The number of H-pyrrole nitrogens is 1. The molecule has 3 rings (SSSR count). The molecule has 0 saturated carbocycles. The molecule has 5 nitrogen and oxygen atoms in total. The Bertz CT molecular complexity index is 737. The molecule has 0 spiro atoms. The van der Waals surface area contributed by atoms with E-state index in [1.54, 1.807) is 12.3 Å². The monoisotopic (exact) mass is 279 g/mol. The van der Waals surface area contributed by atoms with Gasteiger partial charge in [0.2, 0.25) is 0 Å². The Morgan fingerprint density at radius 3 is 2.78 bits per heavy atom. The highest BCUT2D eigenvalue weighted by atomic mass is 35.5. The average Bonchev–Trinajstić information content (AvgIpc) is 2.77. The number of nitrogens with zero attached hydrogens (tertiary/aromatic N) is 3. The molecule has 0 unspecified atom stereocenters. The van der Waals surface area contributed by atoms with Gasteiger partial charge in [0.05, 0.1) is 22.9 Å². The van der Waals surface area contributed by atoms with Crippen LogP contribution in [-0.4, -0.2) is 20.2 Å². The van der Waals surface area contributed by atoms with Crippen molar-refractivity contribution in [2.45, 2.75) is 0 Å². The van der Waals surface area contributed by atoms with Gasteiger partial charge in [0.15, 0.2) is 5.15 Å². The molecule has 2 heterocycles. The number of anilines is 1. The molecule has 0 saturated heterocycles. The van der Waals surface area contributed by atoms with E-state index in [1.807, 2.05) is 6.07 Å². The van der Waals surface area contributed by atoms with Gasteiger partial charge in [-0.1, -0.05) is 23.2 Å². The molecule has 0 fully saturated rings. The largest absolute Gasteiger partial charge is 0.382 e. The van der Waals surface area contributed by atoms with E-state index in [0.717, 1.165) is 16.5 Å². The highest BCUT2D eigenvalue weighted by molar-refractivity contribution is 6.36. The lowest BCUT2D eigenvalue weighted by atomic mass is 10.1. The van der Waals surface area contributed by atoms with Crippen LogP contribution in [0.25, 0.3) is 22.2 Å². The summed E-state index contributed by atoms with van der Waals surface area (Å²) in [5, 5.41) is 8.43. The van der Waals surface area contributed by atoms with Gasteiger partial charge < -0.3 is 5.73 Å². The number of fused-ring (bicyclic) bond motifs is 1. The summed E-state index contributed by atoms with van der Waals surface area (Å²) < 4.78 is 0. The summed E-state index contributed by atoms with van der Waals surface area (Å²) in [7, 11) is 0. The number of hydrogen-bond donors (Lipinski definition) is 2. The van der Waals surface area contributed by atoms with Crippen LogP contribution in [0, 0.1) is 0 Å². The maximum atomic E-state index is 6.15. The van der Waals surface area contributed by atoms with Crippen molar-refractivity contribution in [3.05, 3.63) is 34.7 Å². The van der Waals surface area contributed by atoms with Crippen molar-refractivity contribution in [1.29, 1.82) is 0 Å². The fraction of sp³-hybridized carbons (Fsp3) is 0. The second-order valence-corrected chi connectivity index (χ2v) is 4.49. The number of nitrogen functional groups attached to an aromatic ring is 1. The minimum atomic E-state index is 0.244. The quantitative estimate of drug-likeness (QED) is 0.718. The van der Waals surface area contributed by atoms with Crippen LogP contribution in [-0.2, 0) is 0 Å². The summed E-state index contributed by atoms with van der Waals surface area (Å²) in [6.45, 7) is 0. The maximum Gasteiger partial charge on any atom is 0.157 e. The zero-order chi connectivity index (χ0) is 12.7. The van der Waals surface area contributed by atoms with E-state index in [4.69, 9.17) is 28.9 Å². The standard InChI is InChI=1S/C11H7Cl2N5/c12-7-2-5(1-6-3-16-18-9(6)7)10-11(13)17-8(14)4-15-10/h1-4H,(H2,14,17)(H,16,18). The number of benzene rings is 1. The summed E-state index contributed by atoms with van der Waals surface area (Å²) in [5.74, 6) is 0.277. The summed E-state index contributed by atoms with van der Waals surface area (Å²) >= 11 is 12.2.